The van der Waals surface area contributed by atoms with Crippen molar-refractivity contribution < 1.29 is 4.39 Å². The van der Waals surface area contributed by atoms with Gasteiger partial charge in [-0.3, -0.25) is 0 Å². The maximum absolute atomic E-state index is 14.1. The largest absolute Gasteiger partial charge is 0.321 e. The van der Waals surface area contributed by atoms with E-state index >= 15 is 0 Å². The molecule has 88 valence electrons. The monoisotopic (exact) mass is 221 g/mol. The maximum Gasteiger partial charge on any atom is 0.128 e. The SMILES string of the molecule is Cc1cc(C)c(C2(N)CCCCC2)c(F)c1. The summed E-state index contributed by atoms with van der Waals surface area (Å²) in [5, 5.41) is 0. The molecule has 16 heavy (non-hydrogen) atoms. The van der Waals surface area contributed by atoms with E-state index in [0.29, 0.717) is 0 Å². The summed E-state index contributed by atoms with van der Waals surface area (Å²) >= 11 is 0. The zero-order valence-corrected chi connectivity index (χ0v) is 10.1. The number of hydrogen-bond acceptors (Lipinski definition) is 1. The average Bonchev–Trinajstić information content (AvgIpc) is 2.16. The van der Waals surface area contributed by atoms with Crippen LogP contribution in [0.25, 0.3) is 0 Å². The van der Waals surface area contributed by atoms with Gasteiger partial charge in [0, 0.05) is 11.1 Å². The smallest absolute Gasteiger partial charge is 0.128 e. The number of aryl methyl sites for hydroxylation is 2. The topological polar surface area (TPSA) is 26.0 Å². The Bertz CT molecular complexity index is 369. The fourth-order valence-electron chi connectivity index (χ4n) is 2.98. The lowest BCUT2D eigenvalue weighted by molar-refractivity contribution is 0.291. The molecule has 0 bridgehead atoms. The van der Waals surface area contributed by atoms with Crippen LogP contribution in [-0.4, -0.2) is 0 Å². The van der Waals surface area contributed by atoms with Crippen molar-refractivity contribution >= 4 is 0 Å². The van der Waals surface area contributed by atoms with Crippen LogP contribution in [0.15, 0.2) is 12.1 Å². The lowest BCUT2D eigenvalue weighted by Crippen LogP contribution is -2.40. The Labute approximate surface area is 96.9 Å². The van der Waals surface area contributed by atoms with Crippen molar-refractivity contribution in [2.24, 2.45) is 5.73 Å². The Morgan fingerprint density at radius 3 is 2.31 bits per heavy atom. The number of hydrogen-bond donors (Lipinski definition) is 1. The first-order valence-corrected chi connectivity index (χ1v) is 6.09. The highest BCUT2D eigenvalue weighted by Crippen LogP contribution is 2.37. The molecule has 2 N–H and O–H groups in total. The van der Waals surface area contributed by atoms with Gasteiger partial charge in [-0.2, -0.15) is 0 Å². The second-order valence-corrected chi connectivity index (χ2v) is 5.16. The summed E-state index contributed by atoms with van der Waals surface area (Å²) in [6.07, 6.45) is 5.28. The molecule has 1 aromatic rings. The summed E-state index contributed by atoms with van der Waals surface area (Å²) in [4.78, 5) is 0. The first-order valence-electron chi connectivity index (χ1n) is 6.09. The standard InChI is InChI=1S/C14H20FN/c1-10-8-11(2)13(12(15)9-10)14(16)6-4-3-5-7-14/h8-9H,3-7,16H2,1-2H3. The second-order valence-electron chi connectivity index (χ2n) is 5.16. The lowest BCUT2D eigenvalue weighted by atomic mass is 9.75. The van der Waals surface area contributed by atoms with Gasteiger partial charge < -0.3 is 5.73 Å². The summed E-state index contributed by atoms with van der Waals surface area (Å²) < 4.78 is 14.1. The van der Waals surface area contributed by atoms with Crippen molar-refractivity contribution in [2.45, 2.75) is 51.5 Å². The van der Waals surface area contributed by atoms with Gasteiger partial charge in [0.25, 0.3) is 0 Å². The van der Waals surface area contributed by atoms with E-state index in [9.17, 15) is 4.39 Å². The fraction of sp³-hybridized carbons (Fsp3) is 0.571. The van der Waals surface area contributed by atoms with Crippen LogP contribution in [0.3, 0.4) is 0 Å². The van der Waals surface area contributed by atoms with E-state index in [0.717, 1.165) is 42.4 Å². The molecule has 0 aromatic heterocycles. The molecule has 2 rings (SSSR count). The van der Waals surface area contributed by atoms with E-state index in [1.165, 1.54) is 6.42 Å². The van der Waals surface area contributed by atoms with Crippen LogP contribution < -0.4 is 5.73 Å². The highest BCUT2D eigenvalue weighted by Gasteiger charge is 2.33. The number of halogens is 1. The molecule has 0 saturated heterocycles. The molecule has 0 amide bonds. The van der Waals surface area contributed by atoms with Gasteiger partial charge in [-0.1, -0.05) is 25.3 Å². The molecule has 0 spiro atoms. The Morgan fingerprint density at radius 1 is 1.12 bits per heavy atom. The number of nitrogens with two attached hydrogens (primary N) is 1. The molecule has 0 heterocycles. The van der Waals surface area contributed by atoms with Crippen LogP contribution in [0.4, 0.5) is 4.39 Å². The molecule has 1 aromatic carbocycles. The minimum absolute atomic E-state index is 0.123. The van der Waals surface area contributed by atoms with E-state index in [-0.39, 0.29) is 5.82 Å². The molecule has 0 unspecified atom stereocenters. The van der Waals surface area contributed by atoms with Crippen molar-refractivity contribution in [3.63, 3.8) is 0 Å². The molecule has 0 aliphatic heterocycles. The Hall–Kier alpha value is -0.890. The highest BCUT2D eigenvalue weighted by atomic mass is 19.1. The van der Waals surface area contributed by atoms with Gasteiger partial charge in [-0.25, -0.2) is 4.39 Å². The summed E-state index contributed by atoms with van der Waals surface area (Å²) in [7, 11) is 0. The Morgan fingerprint density at radius 2 is 1.75 bits per heavy atom. The number of benzene rings is 1. The normalized spacial score (nSPS) is 19.8. The van der Waals surface area contributed by atoms with Gasteiger partial charge in [-0.05, 0) is 43.9 Å². The summed E-state index contributed by atoms with van der Waals surface area (Å²) in [6.45, 7) is 3.89. The van der Waals surface area contributed by atoms with Crippen LogP contribution in [0.5, 0.6) is 0 Å². The Kier molecular flexibility index (Phi) is 3.02. The third-order valence-corrected chi connectivity index (χ3v) is 3.68. The summed E-state index contributed by atoms with van der Waals surface area (Å²) in [6, 6.07) is 3.63. The summed E-state index contributed by atoms with van der Waals surface area (Å²) in [5.74, 6) is -0.123. The third kappa shape index (κ3) is 1.99. The van der Waals surface area contributed by atoms with Crippen molar-refractivity contribution in [3.05, 3.63) is 34.6 Å². The van der Waals surface area contributed by atoms with Gasteiger partial charge in [-0.15, -0.1) is 0 Å². The minimum atomic E-state index is -0.430. The van der Waals surface area contributed by atoms with Crippen molar-refractivity contribution in [1.82, 2.24) is 0 Å². The predicted molar refractivity (Wildman–Crippen MR) is 64.8 cm³/mol. The third-order valence-electron chi connectivity index (χ3n) is 3.68. The fourth-order valence-corrected chi connectivity index (χ4v) is 2.98. The molecule has 1 saturated carbocycles. The van der Waals surface area contributed by atoms with Crippen LogP contribution in [0.1, 0.15) is 48.8 Å². The van der Waals surface area contributed by atoms with Crippen LogP contribution in [0, 0.1) is 19.7 Å². The molecule has 1 fully saturated rings. The molecule has 0 atom stereocenters. The highest BCUT2D eigenvalue weighted by molar-refractivity contribution is 5.37. The number of rotatable bonds is 1. The molecule has 0 radical (unpaired) electrons. The zero-order chi connectivity index (χ0) is 11.8. The van der Waals surface area contributed by atoms with Crippen LogP contribution >= 0.6 is 0 Å². The molecule has 1 nitrogen and oxygen atoms in total. The van der Waals surface area contributed by atoms with Crippen LogP contribution in [0.2, 0.25) is 0 Å². The van der Waals surface area contributed by atoms with E-state index in [1.54, 1.807) is 6.07 Å². The first-order chi connectivity index (χ1) is 7.53. The van der Waals surface area contributed by atoms with Gasteiger partial charge in [0.1, 0.15) is 5.82 Å². The van der Waals surface area contributed by atoms with Crippen molar-refractivity contribution in [2.75, 3.05) is 0 Å². The minimum Gasteiger partial charge on any atom is -0.321 e. The van der Waals surface area contributed by atoms with Crippen molar-refractivity contribution in [1.29, 1.82) is 0 Å². The first kappa shape index (κ1) is 11.6. The Balaban J connectivity index is 2.46. The van der Waals surface area contributed by atoms with E-state index in [1.807, 2.05) is 19.9 Å². The van der Waals surface area contributed by atoms with Crippen molar-refractivity contribution in [3.8, 4) is 0 Å². The van der Waals surface area contributed by atoms with E-state index < -0.39 is 5.54 Å². The summed E-state index contributed by atoms with van der Waals surface area (Å²) in [5.41, 5.74) is 8.68. The van der Waals surface area contributed by atoms with Gasteiger partial charge in [0.2, 0.25) is 0 Å². The lowest BCUT2D eigenvalue weighted by Gasteiger charge is -2.35. The molecule has 1 aliphatic carbocycles. The van der Waals surface area contributed by atoms with Gasteiger partial charge in [0.05, 0.1) is 0 Å². The zero-order valence-electron chi connectivity index (χ0n) is 10.1. The van der Waals surface area contributed by atoms with Crippen LogP contribution in [-0.2, 0) is 5.54 Å². The van der Waals surface area contributed by atoms with E-state index in [4.69, 9.17) is 5.73 Å². The molecule has 2 heteroatoms. The van der Waals surface area contributed by atoms with E-state index in [2.05, 4.69) is 0 Å². The predicted octanol–water partition coefficient (Wildman–Crippen LogP) is 3.56. The van der Waals surface area contributed by atoms with Gasteiger partial charge in [0.15, 0.2) is 0 Å². The second kappa shape index (κ2) is 4.17. The maximum atomic E-state index is 14.1. The molecule has 1 aliphatic rings. The average molecular weight is 221 g/mol. The van der Waals surface area contributed by atoms with Gasteiger partial charge >= 0.3 is 0 Å². The molecular formula is C14H20FN. The molecular weight excluding hydrogens is 201 g/mol. The quantitative estimate of drug-likeness (QED) is 0.771.